The first-order valence-corrected chi connectivity index (χ1v) is 9.03. The van der Waals surface area contributed by atoms with Gasteiger partial charge in [-0.3, -0.25) is 4.52 Å². The molecular weight excluding hydrogens is 330 g/mol. The first kappa shape index (κ1) is 16.8. The number of nitrogens with zero attached hydrogens (tertiary/aromatic N) is 2. The summed E-state index contributed by atoms with van der Waals surface area (Å²) >= 11 is 0. The standard InChI is InChI=1S/C17H18FN2O3P/c1-4-22-24(21,20(2)3)23-14-10-13-9-12-7-5-6-8-16(12)19-17(13)15(18)11-14/h5-11H,4H2,1-3H3. The Balaban J connectivity index is 2.10. The predicted octanol–water partition coefficient (Wildman–Crippen LogP) is 4.61. The van der Waals surface area contributed by atoms with Gasteiger partial charge in [0.2, 0.25) is 0 Å². The average molecular weight is 348 g/mol. The van der Waals surface area contributed by atoms with Crippen LogP contribution >= 0.6 is 7.75 Å². The highest BCUT2D eigenvalue weighted by molar-refractivity contribution is 7.51. The number of rotatable bonds is 5. The quantitative estimate of drug-likeness (QED) is 0.498. The van der Waals surface area contributed by atoms with Gasteiger partial charge in [-0.05, 0) is 39.2 Å². The lowest BCUT2D eigenvalue weighted by Crippen LogP contribution is -2.15. The van der Waals surface area contributed by atoms with E-state index in [-0.39, 0.29) is 17.9 Å². The Morgan fingerprint density at radius 1 is 1.17 bits per heavy atom. The number of benzene rings is 2. The summed E-state index contributed by atoms with van der Waals surface area (Å²) in [6.45, 7) is 1.94. The van der Waals surface area contributed by atoms with Crippen molar-refractivity contribution in [3.63, 3.8) is 0 Å². The van der Waals surface area contributed by atoms with Crippen LogP contribution in [0.5, 0.6) is 5.75 Å². The molecule has 0 saturated carbocycles. The summed E-state index contributed by atoms with van der Waals surface area (Å²) in [5, 5.41) is 1.47. The molecule has 24 heavy (non-hydrogen) atoms. The number of halogens is 1. The normalized spacial score (nSPS) is 14.2. The van der Waals surface area contributed by atoms with Crippen LogP contribution in [-0.2, 0) is 9.09 Å². The zero-order chi connectivity index (χ0) is 17.3. The minimum absolute atomic E-state index is 0.141. The Kier molecular flexibility index (Phi) is 4.54. The second-order valence-corrected chi connectivity index (χ2v) is 7.66. The monoisotopic (exact) mass is 348 g/mol. The van der Waals surface area contributed by atoms with Crippen LogP contribution in [0.15, 0.2) is 42.5 Å². The molecule has 0 radical (unpaired) electrons. The van der Waals surface area contributed by atoms with Crippen molar-refractivity contribution in [2.75, 3.05) is 20.7 Å². The number of aromatic nitrogens is 1. The molecule has 0 N–H and O–H groups in total. The third-order valence-corrected chi connectivity index (χ3v) is 5.56. The molecule has 1 heterocycles. The molecule has 0 aliphatic carbocycles. The Bertz CT molecular complexity index is 946. The molecule has 0 aliphatic heterocycles. The highest BCUT2D eigenvalue weighted by Gasteiger charge is 2.29. The van der Waals surface area contributed by atoms with Gasteiger partial charge in [0.1, 0.15) is 11.3 Å². The van der Waals surface area contributed by atoms with E-state index in [1.54, 1.807) is 27.1 Å². The maximum Gasteiger partial charge on any atom is 0.460 e. The van der Waals surface area contributed by atoms with E-state index >= 15 is 0 Å². The zero-order valence-corrected chi connectivity index (χ0v) is 14.6. The third kappa shape index (κ3) is 3.13. The van der Waals surface area contributed by atoms with E-state index in [4.69, 9.17) is 9.05 Å². The molecule has 1 aromatic heterocycles. The molecule has 5 nitrogen and oxygen atoms in total. The molecule has 0 bridgehead atoms. The number of hydrogen-bond donors (Lipinski definition) is 0. The van der Waals surface area contributed by atoms with Crippen molar-refractivity contribution >= 4 is 29.6 Å². The molecule has 3 aromatic rings. The molecule has 1 atom stereocenters. The van der Waals surface area contributed by atoms with Crippen LogP contribution < -0.4 is 4.52 Å². The largest absolute Gasteiger partial charge is 0.460 e. The molecule has 0 fully saturated rings. The van der Waals surface area contributed by atoms with E-state index in [9.17, 15) is 8.96 Å². The van der Waals surface area contributed by atoms with Crippen molar-refractivity contribution in [1.29, 1.82) is 0 Å². The molecule has 7 heteroatoms. The van der Waals surface area contributed by atoms with E-state index in [1.807, 2.05) is 30.3 Å². The molecule has 0 spiro atoms. The van der Waals surface area contributed by atoms with E-state index in [0.717, 1.165) is 5.39 Å². The fourth-order valence-corrected chi connectivity index (χ4v) is 3.54. The Morgan fingerprint density at radius 3 is 2.62 bits per heavy atom. The number of hydrogen-bond acceptors (Lipinski definition) is 4. The van der Waals surface area contributed by atoms with Gasteiger partial charge in [0.25, 0.3) is 0 Å². The van der Waals surface area contributed by atoms with E-state index in [1.165, 1.54) is 10.7 Å². The summed E-state index contributed by atoms with van der Waals surface area (Å²) in [7, 11) is -0.340. The number of fused-ring (bicyclic) bond motifs is 2. The molecule has 2 aromatic carbocycles. The van der Waals surface area contributed by atoms with Crippen molar-refractivity contribution in [1.82, 2.24) is 9.65 Å². The van der Waals surface area contributed by atoms with Crippen molar-refractivity contribution in [2.45, 2.75) is 6.92 Å². The maximum absolute atomic E-state index is 14.5. The van der Waals surface area contributed by atoms with Crippen LogP contribution in [0.2, 0.25) is 0 Å². The number of para-hydroxylation sites is 1. The second kappa shape index (κ2) is 6.48. The van der Waals surface area contributed by atoms with Gasteiger partial charge in [0.05, 0.1) is 12.1 Å². The fourth-order valence-electron chi connectivity index (χ4n) is 2.39. The minimum atomic E-state index is -3.51. The Labute approximate surface area is 139 Å². The van der Waals surface area contributed by atoms with Gasteiger partial charge in [0, 0.05) is 16.8 Å². The second-order valence-electron chi connectivity index (χ2n) is 5.48. The van der Waals surface area contributed by atoms with Gasteiger partial charge in [-0.1, -0.05) is 18.2 Å². The Hall–Kier alpha value is -2.01. The van der Waals surface area contributed by atoms with E-state index < -0.39 is 13.6 Å². The SMILES string of the molecule is CCOP(=O)(Oc1cc(F)c2nc3ccccc3cc2c1)N(C)C. The lowest BCUT2D eigenvalue weighted by atomic mass is 10.1. The van der Waals surface area contributed by atoms with Crippen LogP contribution in [-0.4, -0.2) is 30.4 Å². The Morgan fingerprint density at radius 2 is 1.92 bits per heavy atom. The van der Waals surface area contributed by atoms with Crippen LogP contribution in [0.3, 0.4) is 0 Å². The fraction of sp³-hybridized carbons (Fsp3) is 0.235. The van der Waals surface area contributed by atoms with E-state index in [0.29, 0.717) is 10.9 Å². The van der Waals surface area contributed by atoms with Gasteiger partial charge < -0.3 is 4.52 Å². The summed E-state index contributed by atoms with van der Waals surface area (Å²) in [4.78, 5) is 4.34. The van der Waals surface area contributed by atoms with Gasteiger partial charge in [0.15, 0.2) is 5.82 Å². The van der Waals surface area contributed by atoms with Crippen LogP contribution in [0, 0.1) is 5.82 Å². The molecular formula is C17H18FN2O3P. The molecule has 0 amide bonds. The zero-order valence-electron chi connectivity index (χ0n) is 13.7. The first-order chi connectivity index (χ1) is 11.4. The van der Waals surface area contributed by atoms with Gasteiger partial charge in [-0.25, -0.2) is 18.6 Å². The van der Waals surface area contributed by atoms with Crippen LogP contribution in [0.25, 0.3) is 21.8 Å². The van der Waals surface area contributed by atoms with Crippen LogP contribution in [0.4, 0.5) is 4.39 Å². The highest BCUT2D eigenvalue weighted by atomic mass is 31.2. The van der Waals surface area contributed by atoms with Crippen molar-refractivity contribution in [3.05, 3.63) is 48.3 Å². The van der Waals surface area contributed by atoms with Crippen molar-refractivity contribution < 1.29 is 18.0 Å². The lowest BCUT2D eigenvalue weighted by Gasteiger charge is -2.23. The summed E-state index contributed by atoms with van der Waals surface area (Å²) < 4.78 is 39.2. The maximum atomic E-state index is 14.5. The summed E-state index contributed by atoms with van der Waals surface area (Å²) in [6, 6.07) is 12.1. The summed E-state index contributed by atoms with van der Waals surface area (Å²) in [6.07, 6.45) is 0. The minimum Gasteiger partial charge on any atom is -0.413 e. The van der Waals surface area contributed by atoms with Crippen LogP contribution in [0.1, 0.15) is 6.92 Å². The first-order valence-electron chi connectivity index (χ1n) is 7.54. The molecule has 126 valence electrons. The van der Waals surface area contributed by atoms with E-state index in [2.05, 4.69) is 4.98 Å². The molecule has 1 unspecified atom stereocenters. The molecule has 3 rings (SSSR count). The lowest BCUT2D eigenvalue weighted by molar-refractivity contribution is 0.239. The summed E-state index contributed by atoms with van der Waals surface area (Å²) in [5.41, 5.74) is 0.961. The third-order valence-electron chi connectivity index (χ3n) is 3.55. The number of pyridine rings is 1. The van der Waals surface area contributed by atoms with Gasteiger partial charge in [-0.2, -0.15) is 0 Å². The highest BCUT2D eigenvalue weighted by Crippen LogP contribution is 2.50. The topological polar surface area (TPSA) is 51.7 Å². The molecule has 0 aliphatic rings. The summed E-state index contributed by atoms with van der Waals surface area (Å²) in [5.74, 6) is -0.391. The molecule has 0 saturated heterocycles. The van der Waals surface area contributed by atoms with Gasteiger partial charge in [-0.15, -0.1) is 0 Å². The average Bonchev–Trinajstić information content (AvgIpc) is 2.53. The van der Waals surface area contributed by atoms with Crippen molar-refractivity contribution in [3.8, 4) is 5.75 Å². The van der Waals surface area contributed by atoms with Crippen molar-refractivity contribution in [2.24, 2.45) is 0 Å². The predicted molar refractivity (Wildman–Crippen MR) is 92.8 cm³/mol. The smallest absolute Gasteiger partial charge is 0.413 e. The van der Waals surface area contributed by atoms with Gasteiger partial charge >= 0.3 is 7.75 Å².